The van der Waals surface area contributed by atoms with Crippen LogP contribution in [0.3, 0.4) is 0 Å². The summed E-state index contributed by atoms with van der Waals surface area (Å²) >= 11 is 0. The summed E-state index contributed by atoms with van der Waals surface area (Å²) in [5, 5.41) is 0. The van der Waals surface area contributed by atoms with Gasteiger partial charge in [-0.05, 0) is 61.8 Å². The Hall–Kier alpha value is -2.24. The molecule has 5 nitrogen and oxygen atoms in total. The molecule has 1 saturated heterocycles. The van der Waals surface area contributed by atoms with Gasteiger partial charge in [0.2, 0.25) is 6.79 Å². The van der Waals surface area contributed by atoms with Crippen LogP contribution in [0.1, 0.15) is 17.5 Å². The van der Waals surface area contributed by atoms with Crippen molar-refractivity contribution >= 4 is 0 Å². The summed E-state index contributed by atoms with van der Waals surface area (Å²) in [6.45, 7) is 6.79. The third-order valence-electron chi connectivity index (χ3n) is 5.30. The molecular formula is C22H28N2O3. The number of rotatable bonds is 7. The zero-order chi connectivity index (χ0) is 18.5. The quantitative estimate of drug-likeness (QED) is 0.750. The van der Waals surface area contributed by atoms with Gasteiger partial charge in [0.1, 0.15) is 12.4 Å². The highest BCUT2D eigenvalue weighted by atomic mass is 16.7. The Labute approximate surface area is 161 Å². The molecule has 2 heterocycles. The zero-order valence-corrected chi connectivity index (χ0v) is 16.0. The lowest BCUT2D eigenvalue weighted by Gasteiger charge is -2.32. The Morgan fingerprint density at radius 1 is 0.889 bits per heavy atom. The maximum absolute atomic E-state index is 5.91. The predicted octanol–water partition coefficient (Wildman–Crippen LogP) is 3.17. The third-order valence-corrected chi connectivity index (χ3v) is 5.30. The Morgan fingerprint density at radius 3 is 2.44 bits per heavy atom. The number of piperazine rings is 1. The molecule has 27 heavy (non-hydrogen) atoms. The van der Waals surface area contributed by atoms with Crippen LogP contribution in [0.15, 0.2) is 42.5 Å². The molecule has 2 aliphatic heterocycles. The molecule has 0 saturated carbocycles. The minimum atomic E-state index is 0.302. The molecule has 2 aromatic carbocycles. The molecule has 0 bridgehead atoms. The lowest BCUT2D eigenvalue weighted by Crippen LogP contribution is -2.44. The maximum atomic E-state index is 5.91. The van der Waals surface area contributed by atoms with Crippen molar-refractivity contribution in [3.05, 3.63) is 53.6 Å². The van der Waals surface area contributed by atoms with Crippen LogP contribution in [0, 0.1) is 0 Å². The van der Waals surface area contributed by atoms with E-state index in [1.54, 1.807) is 0 Å². The second-order valence-electron chi connectivity index (χ2n) is 7.37. The van der Waals surface area contributed by atoms with E-state index in [0.29, 0.717) is 13.4 Å². The van der Waals surface area contributed by atoms with Gasteiger partial charge in [-0.15, -0.1) is 0 Å². The molecule has 0 N–H and O–H groups in total. The fourth-order valence-corrected chi connectivity index (χ4v) is 3.53. The van der Waals surface area contributed by atoms with E-state index in [1.807, 2.05) is 18.2 Å². The van der Waals surface area contributed by atoms with Crippen LogP contribution < -0.4 is 14.2 Å². The van der Waals surface area contributed by atoms with E-state index < -0.39 is 0 Å². The summed E-state index contributed by atoms with van der Waals surface area (Å²) in [5.41, 5.74) is 2.45. The highest BCUT2D eigenvalue weighted by molar-refractivity contribution is 5.44. The third kappa shape index (κ3) is 4.93. The molecular weight excluding hydrogens is 340 g/mol. The number of ether oxygens (including phenoxy) is 3. The number of hydrogen-bond acceptors (Lipinski definition) is 5. The number of likely N-dealkylation sites (N-methyl/N-ethyl adjacent to an activating group) is 1. The van der Waals surface area contributed by atoms with Gasteiger partial charge >= 0.3 is 0 Å². The molecule has 0 radical (unpaired) electrons. The number of nitrogens with zero attached hydrogens (tertiary/aromatic N) is 2. The molecule has 4 rings (SSSR count). The van der Waals surface area contributed by atoms with Crippen molar-refractivity contribution < 1.29 is 14.2 Å². The zero-order valence-electron chi connectivity index (χ0n) is 16.0. The summed E-state index contributed by atoms with van der Waals surface area (Å²) in [5.74, 6) is 2.50. The van der Waals surface area contributed by atoms with Crippen LogP contribution >= 0.6 is 0 Å². The molecule has 2 aliphatic rings. The van der Waals surface area contributed by atoms with E-state index >= 15 is 0 Å². The van der Waals surface area contributed by atoms with Crippen LogP contribution in [0.4, 0.5) is 0 Å². The average Bonchev–Trinajstić information content (AvgIpc) is 3.17. The monoisotopic (exact) mass is 368 g/mol. The van der Waals surface area contributed by atoms with Gasteiger partial charge in [0.05, 0.1) is 0 Å². The lowest BCUT2D eigenvalue weighted by atomic mass is 10.1. The van der Waals surface area contributed by atoms with E-state index in [4.69, 9.17) is 14.2 Å². The van der Waals surface area contributed by atoms with Gasteiger partial charge in [-0.25, -0.2) is 0 Å². The van der Waals surface area contributed by atoms with Gasteiger partial charge in [0.15, 0.2) is 11.5 Å². The molecule has 0 atom stereocenters. The van der Waals surface area contributed by atoms with Crippen molar-refractivity contribution in [2.75, 3.05) is 46.6 Å². The first kappa shape index (κ1) is 18.1. The normalized spacial score (nSPS) is 17.2. The van der Waals surface area contributed by atoms with Crippen LogP contribution in [0.5, 0.6) is 17.2 Å². The molecule has 0 aromatic heterocycles. The van der Waals surface area contributed by atoms with Gasteiger partial charge in [-0.1, -0.05) is 18.2 Å². The first-order valence-electron chi connectivity index (χ1n) is 9.77. The fourth-order valence-electron chi connectivity index (χ4n) is 3.53. The summed E-state index contributed by atoms with van der Waals surface area (Å²) in [6.07, 6.45) is 2.33. The molecule has 0 spiro atoms. The smallest absolute Gasteiger partial charge is 0.231 e. The molecule has 2 aromatic rings. The second kappa shape index (κ2) is 8.63. The predicted molar refractivity (Wildman–Crippen MR) is 106 cm³/mol. The summed E-state index contributed by atoms with van der Waals surface area (Å²) in [6, 6.07) is 14.4. The standard InChI is InChI=1S/C22H28N2O3/c1-23-11-13-24(14-12-23)10-2-3-18-4-7-20(8-5-18)25-16-19-6-9-21-22(15-19)27-17-26-21/h4-9,15H,2-3,10-14,16-17H2,1H3. The van der Waals surface area contributed by atoms with Crippen molar-refractivity contribution in [2.45, 2.75) is 19.4 Å². The molecule has 5 heteroatoms. The minimum absolute atomic E-state index is 0.302. The van der Waals surface area contributed by atoms with E-state index in [1.165, 1.54) is 44.7 Å². The van der Waals surface area contributed by atoms with Crippen molar-refractivity contribution in [2.24, 2.45) is 0 Å². The topological polar surface area (TPSA) is 34.2 Å². The Kier molecular flexibility index (Phi) is 5.80. The van der Waals surface area contributed by atoms with Crippen molar-refractivity contribution in [1.82, 2.24) is 9.80 Å². The highest BCUT2D eigenvalue weighted by Crippen LogP contribution is 2.32. The Balaban J connectivity index is 1.20. The molecule has 0 unspecified atom stereocenters. The second-order valence-corrected chi connectivity index (χ2v) is 7.37. The van der Waals surface area contributed by atoms with Gasteiger partial charge in [0, 0.05) is 26.2 Å². The van der Waals surface area contributed by atoms with Crippen LogP contribution in [0.25, 0.3) is 0 Å². The van der Waals surface area contributed by atoms with Crippen molar-refractivity contribution in [1.29, 1.82) is 0 Å². The fraction of sp³-hybridized carbons (Fsp3) is 0.455. The van der Waals surface area contributed by atoms with E-state index in [9.17, 15) is 0 Å². The van der Waals surface area contributed by atoms with Crippen LogP contribution in [0.2, 0.25) is 0 Å². The largest absolute Gasteiger partial charge is 0.489 e. The minimum Gasteiger partial charge on any atom is -0.489 e. The van der Waals surface area contributed by atoms with Crippen molar-refractivity contribution in [3.8, 4) is 17.2 Å². The van der Waals surface area contributed by atoms with Gasteiger partial charge in [-0.2, -0.15) is 0 Å². The van der Waals surface area contributed by atoms with Crippen LogP contribution in [-0.2, 0) is 13.0 Å². The van der Waals surface area contributed by atoms with Crippen molar-refractivity contribution in [3.63, 3.8) is 0 Å². The highest BCUT2D eigenvalue weighted by Gasteiger charge is 2.14. The van der Waals surface area contributed by atoms with Gasteiger partial charge in [0.25, 0.3) is 0 Å². The van der Waals surface area contributed by atoms with E-state index in [2.05, 4.69) is 41.1 Å². The first-order chi connectivity index (χ1) is 13.3. The summed E-state index contributed by atoms with van der Waals surface area (Å²) < 4.78 is 16.7. The summed E-state index contributed by atoms with van der Waals surface area (Å²) in [7, 11) is 2.20. The lowest BCUT2D eigenvalue weighted by molar-refractivity contribution is 0.153. The molecule has 1 fully saturated rings. The first-order valence-corrected chi connectivity index (χ1v) is 9.77. The van der Waals surface area contributed by atoms with Gasteiger partial charge < -0.3 is 24.0 Å². The Bertz CT molecular complexity index is 740. The molecule has 0 amide bonds. The molecule has 0 aliphatic carbocycles. The Morgan fingerprint density at radius 2 is 1.63 bits per heavy atom. The van der Waals surface area contributed by atoms with Gasteiger partial charge in [-0.3, -0.25) is 0 Å². The SMILES string of the molecule is CN1CCN(CCCc2ccc(OCc3ccc4c(c3)OCO4)cc2)CC1. The number of benzene rings is 2. The van der Waals surface area contributed by atoms with Crippen LogP contribution in [-0.4, -0.2) is 56.4 Å². The van der Waals surface area contributed by atoms with E-state index in [0.717, 1.165) is 29.2 Å². The molecule has 144 valence electrons. The average molecular weight is 368 g/mol. The number of aryl methyl sites for hydroxylation is 1. The summed E-state index contributed by atoms with van der Waals surface area (Å²) in [4.78, 5) is 4.97. The number of fused-ring (bicyclic) bond motifs is 1. The van der Waals surface area contributed by atoms with E-state index in [-0.39, 0.29) is 0 Å². The maximum Gasteiger partial charge on any atom is 0.231 e. The number of hydrogen-bond donors (Lipinski definition) is 0.